The number of fused-ring (bicyclic) bond motifs is 1. The molecule has 198 valence electrons. The van der Waals surface area contributed by atoms with Crippen molar-refractivity contribution in [3.8, 4) is 28.4 Å². The van der Waals surface area contributed by atoms with E-state index in [1.165, 1.54) is 12.1 Å². The van der Waals surface area contributed by atoms with Crippen molar-refractivity contribution in [1.82, 2.24) is 9.78 Å². The van der Waals surface area contributed by atoms with E-state index in [0.717, 1.165) is 39.5 Å². The van der Waals surface area contributed by atoms with Crippen LogP contribution in [0, 0.1) is 11.2 Å². The van der Waals surface area contributed by atoms with Crippen LogP contribution in [-0.2, 0) is 4.79 Å². The standard InChI is InChI=1S/C32H30FN3O3/c1-32(2)17-23-28(24(37)18-32)27(20-13-14-25(38-3)26(15-20)39-4)29-30(19-9-6-5-7-10-19)35-36(31(29)34-23)22-12-8-11-21(33)16-22/h5-16,27,34H,17-18H2,1-4H3. The summed E-state index contributed by atoms with van der Waals surface area (Å²) in [6, 6.07) is 22.1. The summed E-state index contributed by atoms with van der Waals surface area (Å²) in [4.78, 5) is 13.9. The third-order valence-electron chi connectivity index (χ3n) is 7.53. The number of halogens is 1. The first-order valence-corrected chi connectivity index (χ1v) is 13.0. The lowest BCUT2D eigenvalue weighted by Crippen LogP contribution is -2.34. The highest BCUT2D eigenvalue weighted by molar-refractivity contribution is 6.02. The highest BCUT2D eigenvalue weighted by atomic mass is 19.1. The van der Waals surface area contributed by atoms with Gasteiger partial charge in [0.1, 0.15) is 11.6 Å². The molecule has 0 fully saturated rings. The number of nitrogens with one attached hydrogen (secondary N) is 1. The summed E-state index contributed by atoms with van der Waals surface area (Å²) in [6.45, 7) is 4.22. The van der Waals surface area contributed by atoms with E-state index < -0.39 is 5.92 Å². The monoisotopic (exact) mass is 523 g/mol. The molecule has 0 radical (unpaired) electrons. The molecular weight excluding hydrogens is 493 g/mol. The van der Waals surface area contributed by atoms with Crippen molar-refractivity contribution in [3.63, 3.8) is 0 Å². The van der Waals surface area contributed by atoms with E-state index in [0.29, 0.717) is 30.0 Å². The summed E-state index contributed by atoms with van der Waals surface area (Å²) in [5, 5.41) is 8.63. The van der Waals surface area contributed by atoms with Crippen molar-refractivity contribution >= 4 is 11.6 Å². The van der Waals surface area contributed by atoms with Gasteiger partial charge in [-0.25, -0.2) is 9.07 Å². The second-order valence-corrected chi connectivity index (χ2v) is 10.9. The summed E-state index contributed by atoms with van der Waals surface area (Å²) in [5.41, 5.74) is 5.41. The van der Waals surface area contributed by atoms with Gasteiger partial charge in [0.2, 0.25) is 0 Å². The normalized spacial score (nSPS) is 17.8. The molecule has 1 aliphatic carbocycles. The Labute approximate surface area is 227 Å². The number of anilines is 1. The Kier molecular flexibility index (Phi) is 6.02. The van der Waals surface area contributed by atoms with E-state index in [9.17, 15) is 9.18 Å². The molecule has 4 aromatic rings. The Bertz CT molecular complexity index is 1620. The molecule has 2 aliphatic rings. The van der Waals surface area contributed by atoms with E-state index in [2.05, 4.69) is 19.2 Å². The van der Waals surface area contributed by atoms with E-state index in [1.54, 1.807) is 25.0 Å². The summed E-state index contributed by atoms with van der Waals surface area (Å²) in [7, 11) is 3.20. The minimum atomic E-state index is -0.405. The van der Waals surface area contributed by atoms with Crippen LogP contribution in [0.15, 0.2) is 84.1 Å². The number of carbonyl (C=O) groups excluding carboxylic acids is 1. The number of aromatic nitrogens is 2. The lowest BCUT2D eigenvalue weighted by atomic mass is 9.69. The maximum absolute atomic E-state index is 14.4. The van der Waals surface area contributed by atoms with E-state index in [1.807, 2.05) is 54.6 Å². The molecular formula is C32H30FN3O3. The van der Waals surface area contributed by atoms with Crippen LogP contribution in [0.2, 0.25) is 0 Å². The highest BCUT2D eigenvalue weighted by Crippen LogP contribution is 2.52. The molecule has 1 unspecified atom stereocenters. The smallest absolute Gasteiger partial charge is 0.162 e. The SMILES string of the molecule is COc1ccc(C2C3=C(CC(C)(C)CC3=O)Nc3c2c(-c2ccccc2)nn3-c2cccc(F)c2)cc1OC. The van der Waals surface area contributed by atoms with Crippen LogP contribution in [0.3, 0.4) is 0 Å². The predicted octanol–water partition coefficient (Wildman–Crippen LogP) is 6.90. The number of methoxy groups -OCH3 is 2. The average molecular weight is 524 g/mol. The molecule has 1 atom stereocenters. The van der Waals surface area contributed by atoms with E-state index in [-0.39, 0.29) is 17.0 Å². The summed E-state index contributed by atoms with van der Waals surface area (Å²) >= 11 is 0. The van der Waals surface area contributed by atoms with Gasteiger partial charge in [0.05, 0.1) is 25.6 Å². The molecule has 0 saturated heterocycles. The Balaban J connectivity index is 1.67. The van der Waals surface area contributed by atoms with Crippen LogP contribution in [0.1, 0.15) is 43.7 Å². The number of ketones is 1. The number of benzene rings is 3. The number of carbonyl (C=O) groups is 1. The van der Waals surface area contributed by atoms with Gasteiger partial charge in [0, 0.05) is 34.7 Å². The lowest BCUT2D eigenvalue weighted by molar-refractivity contribution is -0.118. The Morgan fingerprint density at radius 2 is 1.72 bits per heavy atom. The largest absolute Gasteiger partial charge is 0.493 e. The number of rotatable bonds is 5. The van der Waals surface area contributed by atoms with Gasteiger partial charge < -0.3 is 14.8 Å². The van der Waals surface area contributed by atoms with Gasteiger partial charge in [-0.05, 0) is 47.7 Å². The van der Waals surface area contributed by atoms with Crippen LogP contribution >= 0.6 is 0 Å². The molecule has 0 saturated carbocycles. The fraction of sp³-hybridized carbons (Fsp3) is 0.250. The van der Waals surface area contributed by atoms with Gasteiger partial charge in [0.15, 0.2) is 17.3 Å². The molecule has 1 aliphatic heterocycles. The van der Waals surface area contributed by atoms with Gasteiger partial charge in [-0.1, -0.05) is 56.3 Å². The molecule has 1 aromatic heterocycles. The molecule has 39 heavy (non-hydrogen) atoms. The fourth-order valence-corrected chi connectivity index (χ4v) is 5.86. The first kappa shape index (κ1) is 24.9. The first-order chi connectivity index (χ1) is 18.8. The minimum Gasteiger partial charge on any atom is -0.493 e. The van der Waals surface area contributed by atoms with Crippen LogP contribution < -0.4 is 14.8 Å². The van der Waals surface area contributed by atoms with Crippen LogP contribution in [0.5, 0.6) is 11.5 Å². The number of Topliss-reactive ketones (excluding diaryl/α,β-unsaturated/α-hetero) is 1. The highest BCUT2D eigenvalue weighted by Gasteiger charge is 2.44. The van der Waals surface area contributed by atoms with Crippen molar-refractivity contribution in [1.29, 1.82) is 0 Å². The van der Waals surface area contributed by atoms with Gasteiger partial charge in [0.25, 0.3) is 0 Å². The zero-order valence-corrected chi connectivity index (χ0v) is 22.4. The topological polar surface area (TPSA) is 65.4 Å². The van der Waals surface area contributed by atoms with Crippen LogP contribution in [0.4, 0.5) is 10.2 Å². The molecule has 7 heteroatoms. The molecule has 0 bridgehead atoms. The van der Waals surface area contributed by atoms with Crippen LogP contribution in [-0.4, -0.2) is 29.8 Å². The zero-order chi connectivity index (χ0) is 27.3. The van der Waals surface area contributed by atoms with Crippen molar-refractivity contribution in [2.45, 2.75) is 32.6 Å². The third kappa shape index (κ3) is 4.28. The van der Waals surface area contributed by atoms with Crippen molar-refractivity contribution in [3.05, 3.63) is 101 Å². The quantitative estimate of drug-likeness (QED) is 0.308. The van der Waals surface area contributed by atoms with Crippen molar-refractivity contribution in [2.75, 3.05) is 19.5 Å². The van der Waals surface area contributed by atoms with Gasteiger partial charge >= 0.3 is 0 Å². The zero-order valence-electron chi connectivity index (χ0n) is 22.4. The second-order valence-electron chi connectivity index (χ2n) is 10.9. The Morgan fingerprint density at radius 1 is 0.949 bits per heavy atom. The number of allylic oxidation sites excluding steroid dienone is 2. The molecule has 0 spiro atoms. The number of nitrogens with zero attached hydrogens (tertiary/aromatic N) is 2. The number of hydrogen-bond donors (Lipinski definition) is 1. The summed E-state index contributed by atoms with van der Waals surface area (Å²) in [6.07, 6.45) is 1.15. The number of ether oxygens (including phenoxy) is 2. The molecule has 0 amide bonds. The lowest BCUT2D eigenvalue weighted by Gasteiger charge is -2.39. The van der Waals surface area contributed by atoms with Gasteiger partial charge in [-0.15, -0.1) is 0 Å². The Morgan fingerprint density at radius 3 is 2.44 bits per heavy atom. The molecule has 6 nitrogen and oxygen atoms in total. The maximum atomic E-state index is 14.4. The fourth-order valence-electron chi connectivity index (χ4n) is 5.86. The van der Waals surface area contributed by atoms with Crippen molar-refractivity contribution < 1.29 is 18.7 Å². The van der Waals surface area contributed by atoms with Crippen molar-refractivity contribution in [2.24, 2.45) is 5.41 Å². The summed E-state index contributed by atoms with van der Waals surface area (Å²) in [5.74, 6) is 1.27. The first-order valence-electron chi connectivity index (χ1n) is 13.0. The van der Waals surface area contributed by atoms with Crippen LogP contribution in [0.25, 0.3) is 16.9 Å². The molecule has 6 rings (SSSR count). The average Bonchev–Trinajstić information content (AvgIpc) is 3.30. The van der Waals surface area contributed by atoms with E-state index >= 15 is 0 Å². The third-order valence-corrected chi connectivity index (χ3v) is 7.53. The maximum Gasteiger partial charge on any atom is 0.162 e. The van der Waals surface area contributed by atoms with Gasteiger partial charge in [-0.2, -0.15) is 5.10 Å². The Hall–Kier alpha value is -4.39. The summed E-state index contributed by atoms with van der Waals surface area (Å²) < 4.78 is 27.3. The second kappa shape index (κ2) is 9.42. The minimum absolute atomic E-state index is 0.108. The van der Waals surface area contributed by atoms with E-state index in [4.69, 9.17) is 14.6 Å². The predicted molar refractivity (Wildman–Crippen MR) is 149 cm³/mol. The van der Waals surface area contributed by atoms with Gasteiger partial charge in [-0.3, -0.25) is 4.79 Å². The molecule has 2 heterocycles. The molecule has 3 aromatic carbocycles. The number of hydrogen-bond acceptors (Lipinski definition) is 5. The molecule has 1 N–H and O–H groups in total.